The molecule has 29 heavy (non-hydrogen) atoms. The fourth-order valence-electron chi connectivity index (χ4n) is 3.75. The fraction of sp³-hybridized carbons (Fsp3) is 0.400. The van der Waals surface area contributed by atoms with Crippen molar-refractivity contribution in [1.82, 2.24) is 0 Å². The molecule has 0 aromatic heterocycles. The van der Waals surface area contributed by atoms with Crippen molar-refractivity contribution in [3.8, 4) is 16.9 Å². The van der Waals surface area contributed by atoms with Crippen LogP contribution in [0.1, 0.15) is 58.2 Å². The van der Waals surface area contributed by atoms with Crippen molar-refractivity contribution < 1.29 is 25.6 Å². The molecule has 0 aliphatic carbocycles. The molecule has 0 aliphatic heterocycles. The quantitative estimate of drug-likeness (QED) is 0.315. The first kappa shape index (κ1) is 24.6. The van der Waals surface area contributed by atoms with Crippen LogP contribution >= 0.6 is 17.0 Å². The summed E-state index contributed by atoms with van der Waals surface area (Å²) in [5.41, 5.74) is 6.44. The van der Waals surface area contributed by atoms with Gasteiger partial charge in [0.1, 0.15) is 5.75 Å². The monoisotopic (exact) mass is 507 g/mol. The SMILES string of the molecule is COc1c(C(C)(C)C)cc(-c2cccc3[cH-]c(C)cc23)cc1C(C)(C)C.[Cl][Zr][Cl]. The first-order valence-electron chi connectivity index (χ1n) is 9.79. The number of halogens is 2. The summed E-state index contributed by atoms with van der Waals surface area (Å²) in [5.74, 6) is 1.03. The summed E-state index contributed by atoms with van der Waals surface area (Å²) in [6.07, 6.45) is 0. The third kappa shape index (κ3) is 5.72. The van der Waals surface area contributed by atoms with E-state index in [2.05, 4.69) is 90.9 Å². The minimum absolute atomic E-state index is 0.0111. The maximum absolute atomic E-state index is 5.91. The van der Waals surface area contributed by atoms with Gasteiger partial charge in [-0.05, 0) is 28.5 Å². The number of hydrogen-bond acceptors (Lipinski definition) is 1. The summed E-state index contributed by atoms with van der Waals surface area (Å²) in [6, 6.07) is 15.8. The van der Waals surface area contributed by atoms with Crippen LogP contribution in [0.2, 0.25) is 0 Å². The Balaban J connectivity index is 0.000000941. The van der Waals surface area contributed by atoms with Crippen molar-refractivity contribution in [2.24, 2.45) is 0 Å². The van der Waals surface area contributed by atoms with E-state index in [0.717, 1.165) is 5.75 Å². The van der Waals surface area contributed by atoms with Gasteiger partial charge in [0.25, 0.3) is 0 Å². The number of fused-ring (bicyclic) bond motifs is 1. The molecule has 0 amide bonds. The normalized spacial score (nSPS) is 11.8. The molecule has 0 aliphatic rings. The summed E-state index contributed by atoms with van der Waals surface area (Å²) in [6.45, 7) is 15.7. The van der Waals surface area contributed by atoms with Gasteiger partial charge in [-0.2, -0.15) is 6.07 Å². The third-order valence-corrected chi connectivity index (χ3v) is 5.12. The van der Waals surface area contributed by atoms with Gasteiger partial charge in [0, 0.05) is 11.1 Å². The van der Waals surface area contributed by atoms with Crippen LogP contribution in [-0.2, 0) is 31.7 Å². The zero-order chi connectivity index (χ0) is 22.0. The number of aryl methyl sites for hydroxylation is 1. The van der Waals surface area contributed by atoms with Gasteiger partial charge in [-0.3, -0.25) is 0 Å². The molecule has 0 saturated carbocycles. The molecule has 0 heterocycles. The second-order valence-corrected chi connectivity index (χ2v) is 13.2. The molecule has 0 saturated heterocycles. The molecule has 3 aromatic carbocycles. The van der Waals surface area contributed by atoms with Crippen molar-refractivity contribution in [2.45, 2.75) is 59.3 Å². The maximum atomic E-state index is 5.91. The number of methoxy groups -OCH3 is 1. The van der Waals surface area contributed by atoms with E-state index in [1.165, 1.54) is 38.6 Å². The van der Waals surface area contributed by atoms with Crippen LogP contribution in [0.5, 0.6) is 5.75 Å². The molecule has 0 radical (unpaired) electrons. The molecule has 0 fully saturated rings. The van der Waals surface area contributed by atoms with Crippen molar-refractivity contribution in [1.29, 1.82) is 0 Å². The van der Waals surface area contributed by atoms with E-state index < -0.39 is 20.8 Å². The molecule has 3 rings (SSSR count). The minimum atomic E-state index is -0.826. The van der Waals surface area contributed by atoms with Gasteiger partial charge in [0.05, 0.1) is 7.11 Å². The van der Waals surface area contributed by atoms with Gasteiger partial charge in [-0.25, -0.2) is 0 Å². The zero-order valence-electron chi connectivity index (χ0n) is 18.7. The van der Waals surface area contributed by atoms with Crippen molar-refractivity contribution in [3.63, 3.8) is 0 Å². The van der Waals surface area contributed by atoms with Crippen LogP contribution in [0.4, 0.5) is 0 Å². The van der Waals surface area contributed by atoms with Gasteiger partial charge >= 0.3 is 37.9 Å². The second kappa shape index (κ2) is 9.63. The Morgan fingerprint density at radius 3 is 1.86 bits per heavy atom. The summed E-state index contributed by atoms with van der Waals surface area (Å²) < 4.78 is 5.91. The van der Waals surface area contributed by atoms with Gasteiger partial charge in [0.2, 0.25) is 0 Å². The predicted molar refractivity (Wildman–Crippen MR) is 125 cm³/mol. The molecule has 156 valence electrons. The third-order valence-electron chi connectivity index (χ3n) is 5.12. The Morgan fingerprint density at radius 1 is 0.897 bits per heavy atom. The molecular formula is C25H31Cl2OZr-. The zero-order valence-corrected chi connectivity index (χ0v) is 22.7. The summed E-state index contributed by atoms with van der Waals surface area (Å²) in [4.78, 5) is 0. The summed E-state index contributed by atoms with van der Waals surface area (Å²) in [5, 5.41) is 2.64. The van der Waals surface area contributed by atoms with Crippen molar-refractivity contribution >= 4 is 27.8 Å². The van der Waals surface area contributed by atoms with E-state index in [1.807, 2.05) is 0 Å². The Kier molecular flexibility index (Phi) is 8.16. The van der Waals surface area contributed by atoms with Crippen LogP contribution in [0.3, 0.4) is 0 Å². The summed E-state index contributed by atoms with van der Waals surface area (Å²) >= 11 is -0.826. The molecule has 0 unspecified atom stereocenters. The van der Waals surface area contributed by atoms with Crippen LogP contribution in [0.15, 0.2) is 42.5 Å². The van der Waals surface area contributed by atoms with E-state index >= 15 is 0 Å². The van der Waals surface area contributed by atoms with E-state index in [-0.39, 0.29) is 10.8 Å². The Hall–Kier alpha value is -0.687. The molecule has 0 bridgehead atoms. The molecule has 1 nitrogen and oxygen atoms in total. The number of benzene rings is 2. The molecule has 4 heteroatoms. The number of ether oxygens (including phenoxy) is 1. The number of hydrogen-bond donors (Lipinski definition) is 0. The summed E-state index contributed by atoms with van der Waals surface area (Å²) in [7, 11) is 11.7. The van der Waals surface area contributed by atoms with Crippen LogP contribution in [-0.4, -0.2) is 7.11 Å². The van der Waals surface area contributed by atoms with Gasteiger partial charge < -0.3 is 4.74 Å². The molecule has 0 atom stereocenters. The Labute approximate surface area is 194 Å². The van der Waals surface area contributed by atoms with Crippen LogP contribution in [0.25, 0.3) is 21.9 Å². The molecule has 0 spiro atoms. The predicted octanol–water partition coefficient (Wildman–Crippen LogP) is 8.51. The molecular weight excluding hydrogens is 478 g/mol. The molecule has 3 aromatic rings. The van der Waals surface area contributed by atoms with Crippen molar-refractivity contribution in [2.75, 3.05) is 7.11 Å². The number of rotatable bonds is 2. The van der Waals surface area contributed by atoms with E-state index in [0.29, 0.717) is 0 Å². The second-order valence-electron chi connectivity index (χ2n) is 9.52. The average molecular weight is 510 g/mol. The van der Waals surface area contributed by atoms with E-state index in [9.17, 15) is 0 Å². The van der Waals surface area contributed by atoms with E-state index in [1.54, 1.807) is 7.11 Å². The van der Waals surface area contributed by atoms with Crippen LogP contribution in [0, 0.1) is 6.92 Å². The Morgan fingerprint density at radius 2 is 1.41 bits per heavy atom. The fourth-order valence-corrected chi connectivity index (χ4v) is 3.75. The van der Waals surface area contributed by atoms with Gasteiger partial charge in [-0.15, -0.1) is 34.5 Å². The molecule has 0 N–H and O–H groups in total. The topological polar surface area (TPSA) is 9.23 Å². The van der Waals surface area contributed by atoms with Gasteiger partial charge in [0.15, 0.2) is 0 Å². The average Bonchev–Trinajstić information content (AvgIpc) is 2.99. The Bertz CT molecular complexity index is 940. The first-order chi connectivity index (χ1) is 13.4. The van der Waals surface area contributed by atoms with E-state index in [4.69, 9.17) is 21.8 Å². The van der Waals surface area contributed by atoms with Crippen molar-refractivity contribution in [3.05, 3.63) is 59.2 Å². The van der Waals surface area contributed by atoms with Gasteiger partial charge in [-0.1, -0.05) is 60.1 Å². The van der Waals surface area contributed by atoms with Crippen LogP contribution < -0.4 is 4.74 Å². The first-order valence-corrected chi connectivity index (χ1v) is 16.1. The standard InChI is InChI=1S/C25H31O.2ClH.Zr/c1-16-12-17-10-9-11-19(20(17)13-16)18-14-21(24(2,3)4)23(26-8)22(15-18)25(5,6)7;;;/h9-15H,1-8H3;2*1H;/q-1;;;+2/p-2.